The number of benzene rings is 2. The lowest BCUT2D eigenvalue weighted by atomic mass is 10.0. The molecule has 1 amide bonds. The van der Waals surface area contributed by atoms with E-state index in [2.05, 4.69) is 5.32 Å². The molecule has 0 aromatic heterocycles. The molecule has 1 atom stereocenters. The molecule has 5 nitrogen and oxygen atoms in total. The van der Waals surface area contributed by atoms with Gasteiger partial charge in [0.2, 0.25) is 5.91 Å². The normalized spacial score (nSPS) is 15.4. The van der Waals surface area contributed by atoms with Crippen LogP contribution in [0.3, 0.4) is 0 Å². The molecule has 0 spiro atoms. The molecule has 2 aromatic carbocycles. The number of halogens is 1. The van der Waals surface area contributed by atoms with Gasteiger partial charge in [-0.05, 0) is 48.7 Å². The van der Waals surface area contributed by atoms with Gasteiger partial charge in [0.15, 0.2) is 11.5 Å². The smallest absolute Gasteiger partial charge is 0.234 e. The topological polar surface area (TPSA) is 61.8 Å². The molecular formula is C21H25ClN2O3. The fourth-order valence-corrected chi connectivity index (χ4v) is 3.34. The van der Waals surface area contributed by atoms with E-state index in [1.165, 1.54) is 0 Å². The van der Waals surface area contributed by atoms with E-state index in [-0.39, 0.29) is 17.7 Å². The Kier molecular flexibility index (Phi) is 6.24. The lowest BCUT2D eigenvalue weighted by Crippen LogP contribution is -2.41. The van der Waals surface area contributed by atoms with E-state index in [9.17, 15) is 9.90 Å². The van der Waals surface area contributed by atoms with Crippen molar-refractivity contribution in [1.82, 2.24) is 10.2 Å². The molecule has 0 fully saturated rings. The largest absolute Gasteiger partial charge is 0.504 e. The Labute approximate surface area is 164 Å². The number of rotatable bonds is 5. The summed E-state index contributed by atoms with van der Waals surface area (Å²) >= 11 is 6.10. The van der Waals surface area contributed by atoms with E-state index in [4.69, 9.17) is 16.3 Å². The molecule has 0 unspecified atom stereocenters. The van der Waals surface area contributed by atoms with Crippen molar-refractivity contribution in [3.63, 3.8) is 0 Å². The highest BCUT2D eigenvalue weighted by molar-refractivity contribution is 6.30. The van der Waals surface area contributed by atoms with Gasteiger partial charge in [0.1, 0.15) is 6.61 Å². The number of nitrogens with zero attached hydrogens (tertiary/aromatic N) is 1. The molecule has 1 aliphatic rings. The van der Waals surface area contributed by atoms with Crippen molar-refractivity contribution in [2.75, 3.05) is 19.7 Å². The van der Waals surface area contributed by atoms with Crippen LogP contribution in [0.2, 0.25) is 5.02 Å². The number of hydrogen-bond acceptors (Lipinski definition) is 4. The average molecular weight is 389 g/mol. The molecule has 0 aliphatic carbocycles. The van der Waals surface area contributed by atoms with Crippen LogP contribution in [0.25, 0.3) is 11.1 Å². The third-order valence-electron chi connectivity index (χ3n) is 4.74. The molecular weight excluding hydrogens is 364 g/mol. The number of ether oxygens (including phenoxy) is 1. The van der Waals surface area contributed by atoms with Crippen LogP contribution in [0.5, 0.6) is 11.5 Å². The number of amides is 1. The van der Waals surface area contributed by atoms with Crippen LogP contribution in [-0.2, 0) is 11.3 Å². The summed E-state index contributed by atoms with van der Waals surface area (Å²) < 4.78 is 5.76. The second-order valence-corrected chi connectivity index (χ2v) is 7.37. The van der Waals surface area contributed by atoms with Crippen molar-refractivity contribution >= 4 is 17.5 Å². The number of carbonyl (C=O) groups excluding carboxylic acids is 1. The highest BCUT2D eigenvalue weighted by Crippen LogP contribution is 2.38. The maximum atomic E-state index is 12.2. The molecule has 1 aliphatic heterocycles. The van der Waals surface area contributed by atoms with Gasteiger partial charge >= 0.3 is 0 Å². The van der Waals surface area contributed by atoms with Crippen molar-refractivity contribution < 1.29 is 14.6 Å². The predicted octanol–water partition coefficient (Wildman–Crippen LogP) is 3.82. The third-order valence-corrected chi connectivity index (χ3v) is 4.97. The highest BCUT2D eigenvalue weighted by atomic mass is 35.5. The molecule has 6 heteroatoms. The molecule has 0 saturated heterocycles. The number of phenols is 1. The molecule has 2 N–H and O–H groups in total. The number of hydrogen-bond donors (Lipinski definition) is 2. The second-order valence-electron chi connectivity index (χ2n) is 6.93. The highest BCUT2D eigenvalue weighted by Gasteiger charge is 2.21. The van der Waals surface area contributed by atoms with Gasteiger partial charge in [-0.3, -0.25) is 9.69 Å². The summed E-state index contributed by atoms with van der Waals surface area (Å²) in [6.45, 7) is 5.91. The van der Waals surface area contributed by atoms with Crippen molar-refractivity contribution in [1.29, 1.82) is 0 Å². The lowest BCUT2D eigenvalue weighted by Gasteiger charge is -2.20. The lowest BCUT2D eigenvalue weighted by molar-refractivity contribution is -0.123. The van der Waals surface area contributed by atoms with Gasteiger partial charge in [-0.15, -0.1) is 0 Å². The van der Waals surface area contributed by atoms with E-state index >= 15 is 0 Å². The summed E-state index contributed by atoms with van der Waals surface area (Å²) in [6.07, 6.45) is 0.897. The van der Waals surface area contributed by atoms with Gasteiger partial charge in [0, 0.05) is 29.7 Å². The fraction of sp³-hybridized carbons (Fsp3) is 0.381. The predicted molar refractivity (Wildman–Crippen MR) is 107 cm³/mol. The summed E-state index contributed by atoms with van der Waals surface area (Å²) in [5.74, 6) is 0.599. The number of nitrogens with one attached hydrogen (secondary N) is 1. The van der Waals surface area contributed by atoms with Crippen LogP contribution in [0.1, 0.15) is 25.8 Å². The molecule has 0 radical (unpaired) electrons. The number of fused-ring (bicyclic) bond motifs is 1. The standard InChI is InChI=1S/C21H25ClN2O3/c1-3-14(2)23-20(26)13-24-7-8-27-21-17(12-24)9-16(11-19(21)25)15-5-4-6-18(22)10-15/h4-6,9-11,14,25H,3,7-8,12-13H2,1-2H3,(H,23,26)/t14-/m0/s1. The minimum absolute atomic E-state index is 0.00279. The summed E-state index contributed by atoms with van der Waals surface area (Å²) in [7, 11) is 0. The molecule has 1 heterocycles. The van der Waals surface area contributed by atoms with Crippen molar-refractivity contribution in [2.45, 2.75) is 32.9 Å². The number of aromatic hydroxyl groups is 1. The first-order valence-corrected chi connectivity index (χ1v) is 9.60. The van der Waals surface area contributed by atoms with Crippen LogP contribution in [0, 0.1) is 0 Å². The molecule has 27 heavy (non-hydrogen) atoms. The number of phenolic OH excluding ortho intramolecular Hbond substituents is 1. The van der Waals surface area contributed by atoms with E-state index in [0.29, 0.717) is 37.0 Å². The molecule has 0 saturated carbocycles. The summed E-state index contributed by atoms with van der Waals surface area (Å²) in [5.41, 5.74) is 2.65. The molecule has 2 aromatic rings. The fourth-order valence-electron chi connectivity index (χ4n) is 3.15. The summed E-state index contributed by atoms with van der Waals surface area (Å²) in [5, 5.41) is 14.1. The molecule has 3 rings (SSSR count). The van der Waals surface area contributed by atoms with Crippen LogP contribution in [0.4, 0.5) is 0 Å². The van der Waals surface area contributed by atoms with E-state index < -0.39 is 0 Å². The molecule has 144 valence electrons. The Morgan fingerprint density at radius 2 is 2.15 bits per heavy atom. The first-order chi connectivity index (χ1) is 13.0. The van der Waals surface area contributed by atoms with Crippen molar-refractivity contribution in [3.8, 4) is 22.6 Å². The first kappa shape index (κ1) is 19.5. The summed E-state index contributed by atoms with van der Waals surface area (Å²) in [6, 6.07) is 11.3. The minimum Gasteiger partial charge on any atom is -0.504 e. The summed E-state index contributed by atoms with van der Waals surface area (Å²) in [4.78, 5) is 14.3. The maximum absolute atomic E-state index is 12.2. The Bertz CT molecular complexity index is 825. The second kappa shape index (κ2) is 8.63. The van der Waals surface area contributed by atoms with E-state index in [1.54, 1.807) is 6.07 Å². The van der Waals surface area contributed by atoms with Crippen LogP contribution in [-0.4, -0.2) is 41.7 Å². The van der Waals surface area contributed by atoms with Gasteiger partial charge in [-0.25, -0.2) is 0 Å². The maximum Gasteiger partial charge on any atom is 0.234 e. The quantitative estimate of drug-likeness (QED) is 0.817. The Balaban J connectivity index is 1.82. The Morgan fingerprint density at radius 1 is 1.33 bits per heavy atom. The first-order valence-electron chi connectivity index (χ1n) is 9.22. The van der Waals surface area contributed by atoms with Crippen molar-refractivity contribution in [3.05, 3.63) is 47.0 Å². The Morgan fingerprint density at radius 3 is 2.89 bits per heavy atom. The Hall–Kier alpha value is -2.24. The van der Waals surface area contributed by atoms with Crippen LogP contribution >= 0.6 is 11.6 Å². The third kappa shape index (κ3) is 4.93. The van der Waals surface area contributed by atoms with Crippen molar-refractivity contribution in [2.24, 2.45) is 0 Å². The monoisotopic (exact) mass is 388 g/mol. The van der Waals surface area contributed by atoms with Crippen LogP contribution < -0.4 is 10.1 Å². The zero-order valence-electron chi connectivity index (χ0n) is 15.7. The average Bonchev–Trinajstić information content (AvgIpc) is 2.83. The van der Waals surface area contributed by atoms with Gasteiger partial charge in [0.05, 0.1) is 6.54 Å². The van der Waals surface area contributed by atoms with Crippen LogP contribution in [0.15, 0.2) is 36.4 Å². The van der Waals surface area contributed by atoms with Gasteiger partial charge < -0.3 is 15.2 Å². The SMILES string of the molecule is CC[C@H](C)NC(=O)CN1CCOc2c(O)cc(-c3cccc(Cl)c3)cc2C1. The van der Waals surface area contributed by atoms with Gasteiger partial charge in [-0.1, -0.05) is 30.7 Å². The van der Waals surface area contributed by atoms with Gasteiger partial charge in [-0.2, -0.15) is 0 Å². The molecule has 0 bridgehead atoms. The van der Waals surface area contributed by atoms with E-state index in [0.717, 1.165) is 23.1 Å². The number of carbonyl (C=O) groups is 1. The minimum atomic E-state index is 0.00279. The van der Waals surface area contributed by atoms with E-state index in [1.807, 2.05) is 49.1 Å². The zero-order valence-corrected chi connectivity index (χ0v) is 16.4. The van der Waals surface area contributed by atoms with Gasteiger partial charge in [0.25, 0.3) is 0 Å². The zero-order chi connectivity index (χ0) is 19.4.